The predicted molar refractivity (Wildman–Crippen MR) is 119 cm³/mol. The van der Waals surface area contributed by atoms with Crippen LogP contribution in [-0.4, -0.2) is 31.2 Å². The van der Waals surface area contributed by atoms with Crippen LogP contribution in [0.25, 0.3) is 11.1 Å². The van der Waals surface area contributed by atoms with E-state index >= 15 is 0 Å². The summed E-state index contributed by atoms with van der Waals surface area (Å²) >= 11 is 0. The number of sulfonamides is 1. The summed E-state index contributed by atoms with van der Waals surface area (Å²) in [5.74, 6) is -0.417. The highest BCUT2D eigenvalue weighted by molar-refractivity contribution is 7.89. The maximum Gasteiger partial charge on any atom is 0.341 e. The smallest absolute Gasteiger partial charge is 0.341 e. The van der Waals surface area contributed by atoms with Crippen molar-refractivity contribution in [3.05, 3.63) is 77.9 Å². The van der Waals surface area contributed by atoms with Gasteiger partial charge in [0.1, 0.15) is 11.5 Å². The first-order valence-electron chi connectivity index (χ1n) is 10.2. The summed E-state index contributed by atoms with van der Waals surface area (Å²) in [6.07, 6.45) is 2.10. The molecule has 0 bridgehead atoms. The fraction of sp³-hybridized carbons (Fsp3) is 0.208. The lowest BCUT2D eigenvalue weighted by atomic mass is 9.87. The molecule has 166 valence electrons. The van der Waals surface area contributed by atoms with Crippen LogP contribution in [0.1, 0.15) is 30.0 Å². The standard InChI is InChI=1S/C24H23NO6S/c26-18-11-7-16(8-12-18)17-9-13-19(14-10-17)32(29,30)25-22-5-1-4-21-20(22)3-2-6-23(21)31-15-24(27)28/h2-3,6-14,22,25-26H,1,4-5,15H2,(H,27,28)/t22-/m1/s1. The average molecular weight is 454 g/mol. The van der Waals surface area contributed by atoms with E-state index in [2.05, 4.69) is 4.72 Å². The molecule has 0 aliphatic heterocycles. The molecule has 8 heteroatoms. The number of fused-ring (bicyclic) bond motifs is 1. The van der Waals surface area contributed by atoms with Gasteiger partial charge in [0, 0.05) is 6.04 Å². The van der Waals surface area contributed by atoms with E-state index < -0.39 is 28.6 Å². The Labute approximate surface area is 186 Å². The minimum Gasteiger partial charge on any atom is -0.508 e. The van der Waals surface area contributed by atoms with Crippen LogP contribution in [0.3, 0.4) is 0 Å². The van der Waals surface area contributed by atoms with Crippen molar-refractivity contribution in [1.82, 2.24) is 4.72 Å². The Morgan fingerprint density at radius 3 is 2.31 bits per heavy atom. The highest BCUT2D eigenvalue weighted by Gasteiger charge is 2.27. The van der Waals surface area contributed by atoms with Gasteiger partial charge >= 0.3 is 5.97 Å². The van der Waals surface area contributed by atoms with Gasteiger partial charge in [0.05, 0.1) is 4.90 Å². The Bertz CT molecular complexity index is 1220. The lowest BCUT2D eigenvalue weighted by Gasteiger charge is -2.27. The molecule has 0 unspecified atom stereocenters. The van der Waals surface area contributed by atoms with Gasteiger partial charge < -0.3 is 14.9 Å². The van der Waals surface area contributed by atoms with E-state index in [1.165, 1.54) is 0 Å². The minimum atomic E-state index is -3.77. The van der Waals surface area contributed by atoms with Crippen molar-refractivity contribution in [3.8, 4) is 22.6 Å². The molecule has 3 aromatic rings. The Kier molecular flexibility index (Phi) is 6.16. The quantitative estimate of drug-likeness (QED) is 0.500. The second kappa shape index (κ2) is 9.02. The molecule has 1 aliphatic rings. The van der Waals surface area contributed by atoms with Gasteiger partial charge in [-0.1, -0.05) is 36.4 Å². The van der Waals surface area contributed by atoms with Crippen molar-refractivity contribution in [2.45, 2.75) is 30.2 Å². The molecule has 0 saturated carbocycles. The summed E-state index contributed by atoms with van der Waals surface area (Å²) in [5.41, 5.74) is 3.36. The van der Waals surface area contributed by atoms with E-state index in [1.54, 1.807) is 60.7 Å². The molecule has 0 fully saturated rings. The molecular formula is C24H23NO6S. The second-order valence-corrected chi connectivity index (χ2v) is 9.36. The highest BCUT2D eigenvalue weighted by Crippen LogP contribution is 2.36. The number of aliphatic carboxylic acids is 1. The Morgan fingerprint density at radius 1 is 1.00 bits per heavy atom. The zero-order valence-corrected chi connectivity index (χ0v) is 18.0. The van der Waals surface area contributed by atoms with Crippen molar-refractivity contribution < 1.29 is 28.2 Å². The number of carboxylic acids is 1. The van der Waals surface area contributed by atoms with Crippen LogP contribution >= 0.6 is 0 Å². The minimum absolute atomic E-state index is 0.158. The van der Waals surface area contributed by atoms with E-state index in [9.17, 15) is 18.3 Å². The number of ether oxygens (including phenoxy) is 1. The number of phenolic OH excluding ortho intramolecular Hbond substituents is 1. The molecular weight excluding hydrogens is 430 g/mol. The van der Waals surface area contributed by atoms with E-state index in [4.69, 9.17) is 9.84 Å². The van der Waals surface area contributed by atoms with Crippen LogP contribution in [0.5, 0.6) is 11.5 Å². The molecule has 3 aromatic carbocycles. The average Bonchev–Trinajstić information content (AvgIpc) is 2.78. The zero-order chi connectivity index (χ0) is 22.7. The number of nitrogens with one attached hydrogen (secondary N) is 1. The number of hydrogen-bond acceptors (Lipinski definition) is 5. The molecule has 0 saturated heterocycles. The third kappa shape index (κ3) is 4.76. The molecule has 32 heavy (non-hydrogen) atoms. The summed E-state index contributed by atoms with van der Waals surface area (Å²) in [6.45, 7) is -0.444. The summed E-state index contributed by atoms with van der Waals surface area (Å²) in [4.78, 5) is 11.0. The Morgan fingerprint density at radius 2 is 1.66 bits per heavy atom. The molecule has 1 atom stereocenters. The van der Waals surface area contributed by atoms with Crippen molar-refractivity contribution >= 4 is 16.0 Å². The molecule has 7 nitrogen and oxygen atoms in total. The molecule has 0 aromatic heterocycles. The van der Waals surface area contributed by atoms with Gasteiger partial charge in [0.2, 0.25) is 10.0 Å². The number of rotatable bonds is 7. The van der Waals surface area contributed by atoms with Gasteiger partial charge in [-0.25, -0.2) is 17.9 Å². The first-order chi connectivity index (χ1) is 15.3. The SMILES string of the molecule is O=C(O)COc1cccc2c1CCC[C@H]2NS(=O)(=O)c1ccc(-c2ccc(O)cc2)cc1. The maximum atomic E-state index is 13.0. The van der Waals surface area contributed by atoms with Crippen LogP contribution in [0.2, 0.25) is 0 Å². The lowest BCUT2D eigenvalue weighted by Crippen LogP contribution is -2.31. The van der Waals surface area contributed by atoms with Gasteiger partial charge in [0.25, 0.3) is 0 Å². The number of aromatic hydroxyl groups is 1. The first-order valence-corrected chi connectivity index (χ1v) is 11.7. The normalized spacial score (nSPS) is 15.7. The topological polar surface area (TPSA) is 113 Å². The summed E-state index contributed by atoms with van der Waals surface area (Å²) in [5, 5.41) is 18.3. The van der Waals surface area contributed by atoms with Crippen LogP contribution in [-0.2, 0) is 21.2 Å². The summed E-state index contributed by atoms with van der Waals surface area (Å²) in [7, 11) is -3.77. The fourth-order valence-corrected chi connectivity index (χ4v) is 5.20. The van der Waals surface area contributed by atoms with Crippen molar-refractivity contribution in [2.75, 3.05) is 6.61 Å². The monoisotopic (exact) mass is 453 g/mol. The third-order valence-corrected chi connectivity index (χ3v) is 6.97. The Hall–Kier alpha value is -3.36. The molecule has 0 heterocycles. The largest absolute Gasteiger partial charge is 0.508 e. The number of hydrogen-bond donors (Lipinski definition) is 3. The molecule has 3 N–H and O–H groups in total. The maximum absolute atomic E-state index is 13.0. The molecule has 0 radical (unpaired) electrons. The summed E-state index contributed by atoms with van der Waals surface area (Å²) in [6, 6.07) is 18.1. The van der Waals surface area contributed by atoms with Gasteiger partial charge in [-0.05, 0) is 71.8 Å². The molecule has 4 rings (SSSR count). The van der Waals surface area contributed by atoms with Crippen LogP contribution in [0, 0.1) is 0 Å². The molecule has 0 spiro atoms. The van der Waals surface area contributed by atoms with Gasteiger partial charge in [-0.2, -0.15) is 0 Å². The van der Waals surface area contributed by atoms with Crippen LogP contribution < -0.4 is 9.46 Å². The van der Waals surface area contributed by atoms with Crippen molar-refractivity contribution in [3.63, 3.8) is 0 Å². The number of carbonyl (C=O) groups is 1. The van der Waals surface area contributed by atoms with Crippen molar-refractivity contribution in [1.29, 1.82) is 0 Å². The van der Waals surface area contributed by atoms with E-state index in [0.29, 0.717) is 18.6 Å². The molecule has 1 aliphatic carbocycles. The van der Waals surface area contributed by atoms with Gasteiger partial charge in [-0.15, -0.1) is 0 Å². The van der Waals surface area contributed by atoms with Crippen molar-refractivity contribution in [2.24, 2.45) is 0 Å². The summed E-state index contributed by atoms with van der Waals surface area (Å²) < 4.78 is 34.3. The van der Waals surface area contributed by atoms with E-state index in [1.807, 2.05) is 6.07 Å². The molecule has 0 amide bonds. The predicted octanol–water partition coefficient (Wildman–Crippen LogP) is 3.88. The fourth-order valence-electron chi connectivity index (χ4n) is 3.95. The second-order valence-electron chi connectivity index (χ2n) is 7.64. The van der Waals surface area contributed by atoms with E-state index in [-0.39, 0.29) is 10.6 Å². The van der Waals surface area contributed by atoms with E-state index in [0.717, 1.165) is 28.7 Å². The highest BCUT2D eigenvalue weighted by atomic mass is 32.2. The lowest BCUT2D eigenvalue weighted by molar-refractivity contribution is -0.139. The number of carboxylic acid groups (broad SMARTS) is 1. The first kappa shape index (κ1) is 21.9. The van der Waals surface area contributed by atoms with Crippen LogP contribution in [0.15, 0.2) is 71.6 Å². The third-order valence-electron chi connectivity index (χ3n) is 5.48. The number of benzene rings is 3. The number of phenols is 1. The van der Waals surface area contributed by atoms with Crippen LogP contribution in [0.4, 0.5) is 0 Å². The zero-order valence-electron chi connectivity index (χ0n) is 17.2. The Balaban J connectivity index is 1.55. The van der Waals surface area contributed by atoms with Gasteiger partial charge in [0.15, 0.2) is 6.61 Å². The van der Waals surface area contributed by atoms with Gasteiger partial charge in [-0.3, -0.25) is 0 Å².